The maximum Gasteiger partial charge on any atom is 0.195 e. The fourth-order valence-electron chi connectivity index (χ4n) is 2.10. The fourth-order valence-corrected chi connectivity index (χ4v) is 3.43. The van der Waals surface area contributed by atoms with E-state index < -0.39 is 0 Å². The van der Waals surface area contributed by atoms with Crippen LogP contribution in [0.4, 0.5) is 0 Å². The molecule has 3 nitrogen and oxygen atoms in total. The second-order valence-corrected chi connectivity index (χ2v) is 6.22. The third-order valence-corrected chi connectivity index (χ3v) is 4.70. The highest BCUT2D eigenvalue weighted by molar-refractivity contribution is 9.10. The van der Waals surface area contributed by atoms with Gasteiger partial charge in [-0.3, -0.25) is 4.79 Å². The summed E-state index contributed by atoms with van der Waals surface area (Å²) in [6.45, 7) is 3.19. The zero-order valence-corrected chi connectivity index (χ0v) is 13.3. The molecule has 1 aromatic carbocycles. The van der Waals surface area contributed by atoms with Crippen molar-refractivity contribution in [2.75, 3.05) is 13.2 Å². The molecule has 0 N–H and O–H groups in total. The maximum atomic E-state index is 12.6. The van der Waals surface area contributed by atoms with Gasteiger partial charge in [0.05, 0.1) is 13.2 Å². The third-order valence-electron chi connectivity index (χ3n) is 3.18. The van der Waals surface area contributed by atoms with E-state index in [2.05, 4.69) is 15.9 Å². The molecule has 0 amide bonds. The number of ketones is 1. The maximum absolute atomic E-state index is 12.6. The largest absolute Gasteiger partial charge is 0.490 e. The summed E-state index contributed by atoms with van der Waals surface area (Å²) in [6, 6.07) is 3.58. The minimum absolute atomic E-state index is 0.00581. The molecule has 0 fully saturated rings. The lowest BCUT2D eigenvalue weighted by atomic mass is 10.0. The number of hydrogen-bond donors (Lipinski definition) is 0. The molecule has 0 saturated carbocycles. The molecule has 3 rings (SSSR count). The number of aryl methyl sites for hydroxylation is 1. The summed E-state index contributed by atoms with van der Waals surface area (Å²) in [5.41, 5.74) is 2.35. The van der Waals surface area contributed by atoms with Gasteiger partial charge in [-0.2, -0.15) is 11.3 Å². The number of rotatable bonds is 2. The van der Waals surface area contributed by atoms with E-state index in [1.807, 2.05) is 23.8 Å². The van der Waals surface area contributed by atoms with Crippen LogP contribution >= 0.6 is 27.3 Å². The summed E-state index contributed by atoms with van der Waals surface area (Å²) in [7, 11) is 0. The van der Waals surface area contributed by atoms with Gasteiger partial charge < -0.3 is 9.47 Å². The van der Waals surface area contributed by atoms with E-state index >= 15 is 0 Å². The normalized spacial score (nSPS) is 13.9. The second-order valence-electron chi connectivity index (χ2n) is 4.63. The van der Waals surface area contributed by atoms with Crippen molar-refractivity contribution in [2.45, 2.75) is 13.3 Å². The summed E-state index contributed by atoms with van der Waals surface area (Å²) in [4.78, 5) is 12.6. The molecule has 1 aliphatic rings. The Balaban J connectivity index is 2.04. The van der Waals surface area contributed by atoms with Gasteiger partial charge in [-0.05, 0) is 45.9 Å². The average Bonchev–Trinajstić information content (AvgIpc) is 2.72. The number of benzene rings is 1. The van der Waals surface area contributed by atoms with Gasteiger partial charge in [0.2, 0.25) is 0 Å². The molecule has 0 unspecified atom stereocenters. The molecular weight excluding hydrogens is 340 g/mol. The predicted octanol–water partition coefficient (Wildman–Crippen LogP) is 4.21. The van der Waals surface area contributed by atoms with Crippen molar-refractivity contribution in [2.24, 2.45) is 0 Å². The molecule has 0 atom stereocenters. The number of thiophene rings is 1. The lowest BCUT2D eigenvalue weighted by Gasteiger charge is -2.11. The van der Waals surface area contributed by atoms with Crippen molar-refractivity contribution in [1.29, 1.82) is 0 Å². The Bertz CT molecular complexity index is 663. The van der Waals surface area contributed by atoms with Crippen LogP contribution < -0.4 is 9.47 Å². The van der Waals surface area contributed by atoms with Gasteiger partial charge >= 0.3 is 0 Å². The van der Waals surface area contributed by atoms with Crippen LogP contribution in [0.15, 0.2) is 27.4 Å². The van der Waals surface area contributed by atoms with Crippen LogP contribution in [-0.2, 0) is 0 Å². The summed E-state index contributed by atoms with van der Waals surface area (Å²) in [5, 5.41) is 3.86. The van der Waals surface area contributed by atoms with E-state index in [1.165, 1.54) is 11.3 Å². The van der Waals surface area contributed by atoms with Gasteiger partial charge in [-0.25, -0.2) is 0 Å². The Morgan fingerprint density at radius 1 is 1.15 bits per heavy atom. The zero-order chi connectivity index (χ0) is 14.1. The fraction of sp³-hybridized carbons (Fsp3) is 0.267. The Morgan fingerprint density at radius 3 is 2.50 bits per heavy atom. The molecule has 0 spiro atoms. The van der Waals surface area contributed by atoms with Crippen LogP contribution in [0.2, 0.25) is 0 Å². The number of halogens is 1. The van der Waals surface area contributed by atoms with E-state index in [9.17, 15) is 4.79 Å². The van der Waals surface area contributed by atoms with Crippen molar-refractivity contribution in [3.8, 4) is 11.5 Å². The molecule has 1 aromatic heterocycles. The standard InChI is InChI=1S/C15H13BrO3S/c1-9-7-20-8-11(9)15(17)10-5-13-14(6-12(10)16)19-4-2-3-18-13/h5-8H,2-4H2,1H3. The molecule has 1 aliphatic heterocycles. The Kier molecular flexibility index (Phi) is 3.81. The lowest BCUT2D eigenvalue weighted by Crippen LogP contribution is -2.04. The van der Waals surface area contributed by atoms with Crippen molar-refractivity contribution in [1.82, 2.24) is 0 Å². The van der Waals surface area contributed by atoms with Crippen LogP contribution in [0.1, 0.15) is 27.9 Å². The van der Waals surface area contributed by atoms with Gasteiger partial charge in [0.15, 0.2) is 17.3 Å². The molecule has 2 aromatic rings. The number of ether oxygens (including phenoxy) is 2. The molecule has 2 heterocycles. The van der Waals surface area contributed by atoms with E-state index in [-0.39, 0.29) is 5.78 Å². The molecule has 0 bridgehead atoms. The van der Waals surface area contributed by atoms with Crippen molar-refractivity contribution in [3.05, 3.63) is 44.1 Å². The molecule has 104 valence electrons. The van der Waals surface area contributed by atoms with Crippen molar-refractivity contribution < 1.29 is 14.3 Å². The molecular formula is C15H13BrO3S. The minimum Gasteiger partial charge on any atom is -0.490 e. The zero-order valence-electron chi connectivity index (χ0n) is 10.9. The van der Waals surface area contributed by atoms with Crippen LogP contribution in [0.3, 0.4) is 0 Å². The first-order valence-corrected chi connectivity index (χ1v) is 8.07. The number of hydrogen-bond acceptors (Lipinski definition) is 4. The third kappa shape index (κ3) is 2.47. The van der Waals surface area contributed by atoms with Crippen molar-refractivity contribution >= 4 is 33.0 Å². The van der Waals surface area contributed by atoms with Crippen molar-refractivity contribution in [3.63, 3.8) is 0 Å². The summed E-state index contributed by atoms with van der Waals surface area (Å²) < 4.78 is 12.0. The van der Waals surface area contributed by atoms with Gasteiger partial charge in [-0.1, -0.05) is 0 Å². The van der Waals surface area contributed by atoms with Crippen LogP contribution in [0.5, 0.6) is 11.5 Å². The van der Waals surface area contributed by atoms with Crippen LogP contribution in [-0.4, -0.2) is 19.0 Å². The van der Waals surface area contributed by atoms with Gasteiger partial charge in [0.1, 0.15) is 0 Å². The van der Waals surface area contributed by atoms with Gasteiger partial charge in [0, 0.05) is 27.4 Å². The quantitative estimate of drug-likeness (QED) is 0.759. The number of carbonyl (C=O) groups is 1. The smallest absolute Gasteiger partial charge is 0.195 e. The van der Waals surface area contributed by atoms with E-state index in [0.29, 0.717) is 30.3 Å². The molecule has 0 saturated heterocycles. The molecule has 0 radical (unpaired) electrons. The number of fused-ring (bicyclic) bond motifs is 1. The molecule has 20 heavy (non-hydrogen) atoms. The number of carbonyl (C=O) groups excluding carboxylic acids is 1. The predicted molar refractivity (Wildman–Crippen MR) is 82.2 cm³/mol. The van der Waals surface area contributed by atoms with E-state index in [0.717, 1.165) is 22.0 Å². The highest BCUT2D eigenvalue weighted by Crippen LogP contribution is 2.36. The van der Waals surface area contributed by atoms with E-state index in [1.54, 1.807) is 6.07 Å². The highest BCUT2D eigenvalue weighted by Gasteiger charge is 2.20. The Morgan fingerprint density at radius 2 is 1.85 bits per heavy atom. The first kappa shape index (κ1) is 13.6. The second kappa shape index (κ2) is 5.58. The first-order valence-electron chi connectivity index (χ1n) is 6.33. The first-order chi connectivity index (χ1) is 9.66. The monoisotopic (exact) mass is 352 g/mol. The van der Waals surface area contributed by atoms with Gasteiger partial charge in [-0.15, -0.1) is 0 Å². The van der Waals surface area contributed by atoms with Crippen LogP contribution in [0.25, 0.3) is 0 Å². The topological polar surface area (TPSA) is 35.5 Å². The molecule has 5 heteroatoms. The summed E-state index contributed by atoms with van der Waals surface area (Å²) in [5.74, 6) is 1.33. The average molecular weight is 353 g/mol. The van der Waals surface area contributed by atoms with Crippen LogP contribution in [0, 0.1) is 6.92 Å². The van der Waals surface area contributed by atoms with E-state index in [4.69, 9.17) is 9.47 Å². The van der Waals surface area contributed by atoms with Gasteiger partial charge in [0.25, 0.3) is 0 Å². The Labute approximate surface area is 129 Å². The highest BCUT2D eigenvalue weighted by atomic mass is 79.9. The molecule has 0 aliphatic carbocycles. The minimum atomic E-state index is 0.00581. The lowest BCUT2D eigenvalue weighted by molar-refractivity contribution is 0.103. The Hall–Kier alpha value is -1.33. The summed E-state index contributed by atoms with van der Waals surface area (Å²) >= 11 is 4.99. The SMILES string of the molecule is Cc1cscc1C(=O)c1cc2c(cc1Br)OCCCO2. The summed E-state index contributed by atoms with van der Waals surface area (Å²) in [6.07, 6.45) is 0.846.